The number of halogens is 1. The van der Waals surface area contributed by atoms with Crippen molar-refractivity contribution in [3.63, 3.8) is 0 Å². The van der Waals surface area contributed by atoms with Crippen LogP contribution in [0, 0.1) is 11.3 Å². The SMILES string of the molecule is C/C(=C\C#N)Nc1ccccc1Cl. The fraction of sp³-hybridized carbons (Fsp3) is 0.100. The zero-order chi connectivity index (χ0) is 9.68. The molecule has 1 rings (SSSR count). The van der Waals surface area contributed by atoms with Crippen molar-refractivity contribution in [1.82, 2.24) is 0 Å². The summed E-state index contributed by atoms with van der Waals surface area (Å²) in [6.45, 7) is 1.81. The Kier molecular flexibility index (Phi) is 3.36. The maximum atomic E-state index is 8.38. The molecule has 2 nitrogen and oxygen atoms in total. The summed E-state index contributed by atoms with van der Waals surface area (Å²) in [7, 11) is 0. The van der Waals surface area contributed by atoms with E-state index in [4.69, 9.17) is 16.9 Å². The van der Waals surface area contributed by atoms with Gasteiger partial charge in [-0.1, -0.05) is 23.7 Å². The molecule has 0 unspecified atom stereocenters. The van der Waals surface area contributed by atoms with Gasteiger partial charge in [0, 0.05) is 11.8 Å². The first-order chi connectivity index (χ1) is 6.24. The third-order valence-electron chi connectivity index (χ3n) is 1.49. The quantitative estimate of drug-likeness (QED) is 0.731. The molecule has 1 aromatic rings. The monoisotopic (exact) mass is 192 g/mol. The molecule has 0 saturated heterocycles. The number of anilines is 1. The van der Waals surface area contributed by atoms with Gasteiger partial charge >= 0.3 is 0 Å². The van der Waals surface area contributed by atoms with Crippen molar-refractivity contribution in [2.24, 2.45) is 0 Å². The van der Waals surface area contributed by atoms with Gasteiger partial charge in [-0.15, -0.1) is 0 Å². The molecule has 1 aromatic carbocycles. The molecule has 0 heterocycles. The number of allylic oxidation sites excluding steroid dienone is 2. The molecule has 3 heteroatoms. The van der Waals surface area contributed by atoms with Gasteiger partial charge in [-0.2, -0.15) is 5.26 Å². The second kappa shape index (κ2) is 4.54. The molecule has 0 atom stereocenters. The maximum absolute atomic E-state index is 8.38. The van der Waals surface area contributed by atoms with E-state index in [-0.39, 0.29) is 0 Å². The van der Waals surface area contributed by atoms with Crippen molar-refractivity contribution in [3.8, 4) is 6.07 Å². The molecule has 0 aliphatic heterocycles. The highest BCUT2D eigenvalue weighted by molar-refractivity contribution is 6.33. The zero-order valence-electron chi connectivity index (χ0n) is 7.21. The number of hydrogen-bond acceptors (Lipinski definition) is 2. The minimum atomic E-state index is 0.646. The Labute approximate surface area is 82.4 Å². The predicted molar refractivity (Wildman–Crippen MR) is 54.4 cm³/mol. The van der Waals surface area contributed by atoms with Crippen molar-refractivity contribution in [1.29, 1.82) is 5.26 Å². The average molecular weight is 193 g/mol. The largest absolute Gasteiger partial charge is 0.357 e. The molecule has 0 fully saturated rings. The Bertz CT molecular complexity index is 363. The van der Waals surface area contributed by atoms with Crippen LogP contribution in [-0.4, -0.2) is 0 Å². The molecule has 0 amide bonds. The topological polar surface area (TPSA) is 35.8 Å². The Morgan fingerprint density at radius 2 is 2.23 bits per heavy atom. The lowest BCUT2D eigenvalue weighted by molar-refractivity contribution is 1.37. The van der Waals surface area contributed by atoms with E-state index in [1.54, 1.807) is 6.07 Å². The molecule has 0 aliphatic carbocycles. The summed E-state index contributed by atoms with van der Waals surface area (Å²) >= 11 is 5.90. The van der Waals surface area contributed by atoms with E-state index in [1.807, 2.05) is 31.2 Å². The molecule has 13 heavy (non-hydrogen) atoms. The summed E-state index contributed by atoms with van der Waals surface area (Å²) in [4.78, 5) is 0. The van der Waals surface area contributed by atoms with Gasteiger partial charge in [-0.05, 0) is 19.1 Å². The highest BCUT2D eigenvalue weighted by Crippen LogP contribution is 2.21. The Morgan fingerprint density at radius 1 is 1.54 bits per heavy atom. The Morgan fingerprint density at radius 3 is 2.85 bits per heavy atom. The van der Waals surface area contributed by atoms with Crippen molar-refractivity contribution >= 4 is 17.3 Å². The van der Waals surface area contributed by atoms with Crippen molar-refractivity contribution < 1.29 is 0 Å². The van der Waals surface area contributed by atoms with Crippen molar-refractivity contribution in [2.75, 3.05) is 5.32 Å². The minimum Gasteiger partial charge on any atom is -0.357 e. The summed E-state index contributed by atoms with van der Waals surface area (Å²) < 4.78 is 0. The van der Waals surface area contributed by atoms with Crippen LogP contribution in [0.4, 0.5) is 5.69 Å². The third-order valence-corrected chi connectivity index (χ3v) is 1.82. The molecule has 1 N–H and O–H groups in total. The van der Waals surface area contributed by atoms with Gasteiger partial charge in [-0.25, -0.2) is 0 Å². The summed E-state index contributed by atoms with van der Waals surface area (Å²) in [5, 5.41) is 12.0. The first-order valence-electron chi connectivity index (χ1n) is 3.82. The Hall–Kier alpha value is -1.46. The Balaban J connectivity index is 2.82. The van der Waals surface area contributed by atoms with Crippen LogP contribution < -0.4 is 5.32 Å². The summed E-state index contributed by atoms with van der Waals surface area (Å²) in [6, 6.07) is 9.33. The van der Waals surface area contributed by atoms with Gasteiger partial charge < -0.3 is 5.32 Å². The van der Waals surface area contributed by atoms with Crippen LogP contribution in [-0.2, 0) is 0 Å². The van der Waals surface area contributed by atoms with Crippen LogP contribution in [0.2, 0.25) is 5.02 Å². The van der Waals surface area contributed by atoms with Gasteiger partial charge in [0.2, 0.25) is 0 Å². The predicted octanol–water partition coefficient (Wildman–Crippen LogP) is 3.18. The number of para-hydroxylation sites is 1. The van der Waals surface area contributed by atoms with Crippen LogP contribution >= 0.6 is 11.6 Å². The van der Waals surface area contributed by atoms with Gasteiger partial charge in [0.1, 0.15) is 0 Å². The summed E-state index contributed by atoms with van der Waals surface area (Å²) in [5.74, 6) is 0. The van der Waals surface area contributed by atoms with E-state index in [1.165, 1.54) is 6.08 Å². The van der Waals surface area contributed by atoms with Gasteiger partial charge in [0.25, 0.3) is 0 Å². The fourth-order valence-electron chi connectivity index (χ4n) is 0.908. The highest BCUT2D eigenvalue weighted by atomic mass is 35.5. The van der Waals surface area contributed by atoms with Crippen molar-refractivity contribution in [2.45, 2.75) is 6.92 Å². The van der Waals surface area contributed by atoms with Crippen LogP contribution in [0.25, 0.3) is 0 Å². The fourth-order valence-corrected chi connectivity index (χ4v) is 1.09. The molecular formula is C10H9ClN2. The highest BCUT2D eigenvalue weighted by Gasteiger charge is 1.96. The number of nitrogens with zero attached hydrogens (tertiary/aromatic N) is 1. The van der Waals surface area contributed by atoms with Gasteiger partial charge in [0.05, 0.1) is 16.8 Å². The smallest absolute Gasteiger partial charge is 0.0930 e. The van der Waals surface area contributed by atoms with Crippen LogP contribution in [0.3, 0.4) is 0 Å². The lowest BCUT2D eigenvalue weighted by atomic mass is 10.3. The molecule has 0 spiro atoms. The lowest BCUT2D eigenvalue weighted by Gasteiger charge is -2.06. The number of hydrogen-bond donors (Lipinski definition) is 1. The molecule has 66 valence electrons. The van der Waals surface area contributed by atoms with Crippen LogP contribution in [0.5, 0.6) is 0 Å². The maximum Gasteiger partial charge on any atom is 0.0930 e. The van der Waals surface area contributed by atoms with Crippen molar-refractivity contribution in [3.05, 3.63) is 41.1 Å². The average Bonchev–Trinajstić information content (AvgIpc) is 2.09. The second-order valence-corrected chi connectivity index (χ2v) is 2.97. The standard InChI is InChI=1S/C10H9ClN2/c1-8(6-7-12)13-10-5-3-2-4-9(10)11/h2-6,13H,1H3/b8-6+. The summed E-state index contributed by atoms with van der Waals surface area (Å²) in [6.07, 6.45) is 1.43. The first-order valence-corrected chi connectivity index (χ1v) is 4.20. The normalized spacial score (nSPS) is 10.7. The first kappa shape index (κ1) is 9.63. The second-order valence-electron chi connectivity index (χ2n) is 2.56. The lowest BCUT2D eigenvalue weighted by Crippen LogP contribution is -1.95. The molecule has 0 bridgehead atoms. The minimum absolute atomic E-state index is 0.646. The van der Waals surface area contributed by atoms with E-state index in [2.05, 4.69) is 5.32 Å². The van der Waals surface area contributed by atoms with E-state index >= 15 is 0 Å². The van der Waals surface area contributed by atoms with E-state index in [0.29, 0.717) is 5.02 Å². The van der Waals surface area contributed by atoms with Crippen LogP contribution in [0.1, 0.15) is 6.92 Å². The van der Waals surface area contributed by atoms with E-state index in [9.17, 15) is 0 Å². The molecule has 0 saturated carbocycles. The number of benzene rings is 1. The molecule has 0 aliphatic rings. The number of nitrogens with one attached hydrogen (secondary N) is 1. The van der Waals surface area contributed by atoms with Gasteiger partial charge in [0.15, 0.2) is 0 Å². The summed E-state index contributed by atoms with van der Waals surface area (Å²) in [5.41, 5.74) is 1.59. The number of rotatable bonds is 2. The van der Waals surface area contributed by atoms with Crippen LogP contribution in [0.15, 0.2) is 36.0 Å². The molecule has 0 radical (unpaired) electrons. The van der Waals surface area contributed by atoms with Gasteiger partial charge in [-0.3, -0.25) is 0 Å². The van der Waals surface area contributed by atoms with E-state index in [0.717, 1.165) is 11.4 Å². The zero-order valence-corrected chi connectivity index (χ0v) is 7.97. The molecular weight excluding hydrogens is 184 g/mol. The number of nitriles is 1. The molecule has 0 aromatic heterocycles. The van der Waals surface area contributed by atoms with E-state index < -0.39 is 0 Å². The third kappa shape index (κ3) is 2.81.